The van der Waals surface area contributed by atoms with Crippen LogP contribution < -0.4 is 10.5 Å². The molecule has 70 valence electrons. The molecule has 0 aliphatic heterocycles. The molecule has 1 heterocycles. The average molecular weight is 245 g/mol. The average Bonchev–Trinajstić information content (AvgIpc) is 2.02. The third-order valence-corrected chi connectivity index (χ3v) is 1.83. The van der Waals surface area contributed by atoms with Crippen LogP contribution in [-0.2, 0) is 4.79 Å². The van der Waals surface area contributed by atoms with Crippen LogP contribution in [0.15, 0.2) is 16.9 Å². The Morgan fingerprint density at radius 3 is 3.00 bits per heavy atom. The summed E-state index contributed by atoms with van der Waals surface area (Å²) in [6, 6.07) is 1.80. The molecular formula is C8H9BrN2O2. The molecular weight excluding hydrogens is 236 g/mol. The molecule has 0 fully saturated rings. The van der Waals surface area contributed by atoms with Crippen LogP contribution in [0.2, 0.25) is 0 Å². The van der Waals surface area contributed by atoms with Crippen LogP contribution >= 0.6 is 15.9 Å². The molecule has 13 heavy (non-hydrogen) atoms. The van der Waals surface area contributed by atoms with Crippen LogP contribution in [0.1, 0.15) is 5.56 Å². The van der Waals surface area contributed by atoms with Crippen molar-refractivity contribution in [3.63, 3.8) is 0 Å². The van der Waals surface area contributed by atoms with Gasteiger partial charge in [-0.05, 0) is 34.5 Å². The van der Waals surface area contributed by atoms with Crippen molar-refractivity contribution in [2.24, 2.45) is 5.73 Å². The molecule has 0 aromatic carbocycles. The molecule has 1 aromatic rings. The maximum atomic E-state index is 10.4. The van der Waals surface area contributed by atoms with Gasteiger partial charge in [-0.15, -0.1) is 0 Å². The first-order valence-corrected chi connectivity index (χ1v) is 4.42. The van der Waals surface area contributed by atoms with E-state index in [9.17, 15) is 4.79 Å². The second kappa shape index (κ2) is 4.23. The van der Waals surface area contributed by atoms with Gasteiger partial charge in [-0.1, -0.05) is 0 Å². The quantitative estimate of drug-likeness (QED) is 0.808. The highest BCUT2D eigenvalue weighted by molar-refractivity contribution is 9.10. The van der Waals surface area contributed by atoms with Gasteiger partial charge in [0.15, 0.2) is 6.61 Å². The summed E-state index contributed by atoms with van der Waals surface area (Å²) in [5.41, 5.74) is 5.83. The van der Waals surface area contributed by atoms with Crippen molar-refractivity contribution in [2.45, 2.75) is 6.92 Å². The third kappa shape index (κ3) is 3.02. The fraction of sp³-hybridized carbons (Fsp3) is 0.250. The van der Waals surface area contributed by atoms with Gasteiger partial charge in [-0.25, -0.2) is 4.98 Å². The van der Waals surface area contributed by atoms with E-state index in [0.717, 1.165) is 10.2 Å². The van der Waals surface area contributed by atoms with Crippen molar-refractivity contribution < 1.29 is 9.53 Å². The Labute approximate surface area is 84.2 Å². The SMILES string of the molecule is Cc1cc(Br)ncc1OCC(N)=O. The Morgan fingerprint density at radius 1 is 1.77 bits per heavy atom. The first-order valence-electron chi connectivity index (χ1n) is 3.63. The summed E-state index contributed by atoms with van der Waals surface area (Å²) < 4.78 is 5.83. The van der Waals surface area contributed by atoms with Crippen molar-refractivity contribution >= 4 is 21.8 Å². The number of rotatable bonds is 3. The van der Waals surface area contributed by atoms with Crippen LogP contribution in [0, 0.1) is 6.92 Å². The molecule has 0 aliphatic rings. The Bertz CT molecular complexity index is 328. The first kappa shape index (κ1) is 9.98. The topological polar surface area (TPSA) is 65.2 Å². The zero-order valence-corrected chi connectivity index (χ0v) is 8.67. The van der Waals surface area contributed by atoms with Crippen molar-refractivity contribution in [1.29, 1.82) is 0 Å². The molecule has 0 radical (unpaired) electrons. The molecule has 0 spiro atoms. The van der Waals surface area contributed by atoms with Gasteiger partial charge < -0.3 is 10.5 Å². The Kier molecular flexibility index (Phi) is 3.25. The summed E-state index contributed by atoms with van der Waals surface area (Å²) in [4.78, 5) is 14.4. The van der Waals surface area contributed by atoms with Crippen LogP contribution in [0.3, 0.4) is 0 Å². The summed E-state index contributed by atoms with van der Waals surface area (Å²) in [5.74, 6) is 0.0734. The van der Waals surface area contributed by atoms with E-state index in [4.69, 9.17) is 10.5 Å². The lowest BCUT2D eigenvalue weighted by atomic mass is 10.3. The van der Waals surface area contributed by atoms with Gasteiger partial charge in [-0.2, -0.15) is 0 Å². The summed E-state index contributed by atoms with van der Waals surface area (Å²) in [5, 5.41) is 0. The number of pyridine rings is 1. The zero-order chi connectivity index (χ0) is 9.84. The third-order valence-electron chi connectivity index (χ3n) is 1.40. The second-order valence-corrected chi connectivity index (χ2v) is 3.34. The fourth-order valence-electron chi connectivity index (χ4n) is 0.809. The maximum absolute atomic E-state index is 10.4. The second-order valence-electron chi connectivity index (χ2n) is 2.53. The molecule has 0 saturated heterocycles. The minimum Gasteiger partial charge on any atom is -0.482 e. The molecule has 1 aromatic heterocycles. The predicted octanol–water partition coefficient (Wildman–Crippen LogP) is 1.02. The number of carbonyl (C=O) groups excluding carboxylic acids is 1. The molecule has 4 nitrogen and oxygen atoms in total. The van der Waals surface area contributed by atoms with Crippen LogP contribution in [0.5, 0.6) is 5.75 Å². The molecule has 0 atom stereocenters. The van der Waals surface area contributed by atoms with Crippen molar-refractivity contribution in [1.82, 2.24) is 4.98 Å². The van der Waals surface area contributed by atoms with Crippen LogP contribution in [0.25, 0.3) is 0 Å². The lowest BCUT2D eigenvalue weighted by molar-refractivity contribution is -0.119. The number of hydrogen-bond donors (Lipinski definition) is 1. The standard InChI is InChI=1S/C8H9BrN2O2/c1-5-2-7(9)11-3-6(5)13-4-8(10)12/h2-3H,4H2,1H3,(H2,10,12). The van der Waals surface area contributed by atoms with E-state index in [-0.39, 0.29) is 6.61 Å². The lowest BCUT2D eigenvalue weighted by Crippen LogP contribution is -2.20. The summed E-state index contributed by atoms with van der Waals surface area (Å²) in [6.45, 7) is 1.74. The molecule has 0 unspecified atom stereocenters. The van der Waals surface area contributed by atoms with Crippen molar-refractivity contribution in [3.05, 3.63) is 22.4 Å². The summed E-state index contributed by atoms with van der Waals surface area (Å²) in [6.07, 6.45) is 1.54. The Hall–Kier alpha value is -1.10. The van der Waals surface area contributed by atoms with Crippen LogP contribution in [-0.4, -0.2) is 17.5 Å². The number of carbonyl (C=O) groups is 1. The van der Waals surface area contributed by atoms with Gasteiger partial charge in [0.05, 0.1) is 6.20 Å². The fourth-order valence-corrected chi connectivity index (χ4v) is 1.25. The number of aromatic nitrogens is 1. The number of aryl methyl sites for hydroxylation is 1. The largest absolute Gasteiger partial charge is 0.482 e. The van der Waals surface area contributed by atoms with E-state index < -0.39 is 5.91 Å². The predicted molar refractivity (Wildman–Crippen MR) is 51.4 cm³/mol. The Balaban J connectivity index is 2.72. The highest BCUT2D eigenvalue weighted by Crippen LogP contribution is 2.19. The summed E-state index contributed by atoms with van der Waals surface area (Å²) in [7, 11) is 0. The Morgan fingerprint density at radius 2 is 2.46 bits per heavy atom. The van der Waals surface area contributed by atoms with E-state index in [1.807, 2.05) is 6.92 Å². The van der Waals surface area contributed by atoms with Crippen molar-refractivity contribution in [2.75, 3.05) is 6.61 Å². The number of nitrogens with two attached hydrogens (primary N) is 1. The first-order chi connectivity index (χ1) is 6.09. The maximum Gasteiger partial charge on any atom is 0.255 e. The molecule has 0 aliphatic carbocycles. The summed E-state index contributed by atoms with van der Waals surface area (Å²) >= 11 is 3.22. The van der Waals surface area contributed by atoms with Gasteiger partial charge in [0.1, 0.15) is 10.4 Å². The van der Waals surface area contributed by atoms with Gasteiger partial charge in [-0.3, -0.25) is 4.79 Å². The van der Waals surface area contributed by atoms with Gasteiger partial charge in [0, 0.05) is 0 Å². The van der Waals surface area contributed by atoms with E-state index in [0.29, 0.717) is 5.75 Å². The number of ether oxygens (including phenoxy) is 1. The minimum absolute atomic E-state index is 0.121. The highest BCUT2D eigenvalue weighted by atomic mass is 79.9. The number of nitrogens with zero attached hydrogens (tertiary/aromatic N) is 1. The van der Waals surface area contributed by atoms with E-state index in [1.165, 1.54) is 0 Å². The van der Waals surface area contributed by atoms with Gasteiger partial charge in [0.25, 0.3) is 5.91 Å². The van der Waals surface area contributed by atoms with E-state index in [2.05, 4.69) is 20.9 Å². The lowest BCUT2D eigenvalue weighted by Gasteiger charge is -2.05. The number of halogens is 1. The number of hydrogen-bond acceptors (Lipinski definition) is 3. The smallest absolute Gasteiger partial charge is 0.255 e. The minimum atomic E-state index is -0.498. The molecule has 2 N–H and O–H groups in total. The van der Waals surface area contributed by atoms with Crippen molar-refractivity contribution in [3.8, 4) is 5.75 Å². The molecule has 0 saturated carbocycles. The van der Waals surface area contributed by atoms with Crippen LogP contribution in [0.4, 0.5) is 0 Å². The molecule has 1 rings (SSSR count). The molecule has 5 heteroatoms. The molecule has 0 bridgehead atoms. The van der Waals surface area contributed by atoms with Gasteiger partial charge in [0.2, 0.25) is 0 Å². The zero-order valence-electron chi connectivity index (χ0n) is 7.08. The highest BCUT2D eigenvalue weighted by Gasteiger charge is 2.02. The van der Waals surface area contributed by atoms with E-state index in [1.54, 1.807) is 12.3 Å². The number of amides is 1. The van der Waals surface area contributed by atoms with E-state index >= 15 is 0 Å². The normalized spacial score (nSPS) is 9.69. The monoisotopic (exact) mass is 244 g/mol. The number of primary amides is 1. The van der Waals surface area contributed by atoms with Gasteiger partial charge >= 0.3 is 0 Å². The molecule has 1 amide bonds.